The van der Waals surface area contributed by atoms with Gasteiger partial charge in [-0.2, -0.15) is 4.98 Å². The number of unbranched alkanes of at least 4 members (excludes halogenated alkanes) is 3. The molecule has 0 saturated heterocycles. The SMILES string of the molecule is CCCCCCOc1nc(C)cc(C(=N)N)n1. The molecule has 3 N–H and O–H groups in total. The monoisotopic (exact) mass is 236 g/mol. The second-order valence-electron chi connectivity index (χ2n) is 4.00. The number of nitrogen functional groups attached to an aromatic ring is 1. The van der Waals surface area contributed by atoms with E-state index in [4.69, 9.17) is 15.9 Å². The number of nitrogens with one attached hydrogen (secondary N) is 1. The van der Waals surface area contributed by atoms with Gasteiger partial charge < -0.3 is 10.5 Å². The van der Waals surface area contributed by atoms with Crippen molar-refractivity contribution in [2.24, 2.45) is 5.73 Å². The van der Waals surface area contributed by atoms with Gasteiger partial charge in [0.05, 0.1) is 6.61 Å². The first kappa shape index (κ1) is 13.4. The summed E-state index contributed by atoms with van der Waals surface area (Å²) in [7, 11) is 0. The minimum atomic E-state index is -0.0636. The maximum Gasteiger partial charge on any atom is 0.317 e. The maximum absolute atomic E-state index is 7.33. The van der Waals surface area contributed by atoms with Crippen LogP contribution in [0.2, 0.25) is 0 Å². The van der Waals surface area contributed by atoms with Gasteiger partial charge in [-0.15, -0.1) is 0 Å². The normalized spacial score (nSPS) is 10.2. The summed E-state index contributed by atoms with van der Waals surface area (Å²) in [5.74, 6) is -0.0636. The second-order valence-corrected chi connectivity index (χ2v) is 4.00. The van der Waals surface area contributed by atoms with E-state index in [9.17, 15) is 0 Å². The van der Waals surface area contributed by atoms with E-state index >= 15 is 0 Å². The van der Waals surface area contributed by atoms with E-state index in [1.165, 1.54) is 12.8 Å². The van der Waals surface area contributed by atoms with Gasteiger partial charge in [-0.25, -0.2) is 4.98 Å². The van der Waals surface area contributed by atoms with E-state index in [0.29, 0.717) is 18.3 Å². The zero-order valence-corrected chi connectivity index (χ0v) is 10.5. The fraction of sp³-hybridized carbons (Fsp3) is 0.583. The van der Waals surface area contributed by atoms with Crippen LogP contribution in [0.15, 0.2) is 6.07 Å². The van der Waals surface area contributed by atoms with Gasteiger partial charge in [0.15, 0.2) is 0 Å². The molecule has 0 amide bonds. The third-order valence-corrected chi connectivity index (χ3v) is 2.34. The maximum atomic E-state index is 7.33. The molecule has 5 nitrogen and oxygen atoms in total. The number of aryl methyl sites for hydroxylation is 1. The van der Waals surface area contributed by atoms with Crippen LogP contribution >= 0.6 is 0 Å². The minimum Gasteiger partial charge on any atom is -0.463 e. The van der Waals surface area contributed by atoms with Crippen molar-refractivity contribution in [2.75, 3.05) is 6.61 Å². The van der Waals surface area contributed by atoms with Crippen molar-refractivity contribution in [3.8, 4) is 6.01 Å². The van der Waals surface area contributed by atoms with Gasteiger partial charge >= 0.3 is 6.01 Å². The summed E-state index contributed by atoms with van der Waals surface area (Å²) in [6.45, 7) is 4.61. The third-order valence-electron chi connectivity index (χ3n) is 2.34. The van der Waals surface area contributed by atoms with Crippen LogP contribution in [-0.4, -0.2) is 22.4 Å². The summed E-state index contributed by atoms with van der Waals surface area (Å²) < 4.78 is 5.45. The lowest BCUT2D eigenvalue weighted by atomic mass is 10.2. The molecule has 1 heterocycles. The van der Waals surface area contributed by atoms with Gasteiger partial charge in [-0.1, -0.05) is 26.2 Å². The van der Waals surface area contributed by atoms with Gasteiger partial charge in [0.25, 0.3) is 0 Å². The van der Waals surface area contributed by atoms with Crippen LogP contribution in [0.3, 0.4) is 0 Å². The first-order valence-electron chi connectivity index (χ1n) is 5.96. The quantitative estimate of drug-likeness (QED) is 0.431. The molecule has 0 spiro atoms. The number of nitrogens with zero attached hydrogens (tertiary/aromatic N) is 2. The van der Waals surface area contributed by atoms with Crippen LogP contribution < -0.4 is 10.5 Å². The highest BCUT2D eigenvalue weighted by atomic mass is 16.5. The lowest BCUT2D eigenvalue weighted by molar-refractivity contribution is 0.281. The van der Waals surface area contributed by atoms with Crippen molar-refractivity contribution in [1.82, 2.24) is 9.97 Å². The van der Waals surface area contributed by atoms with Crippen LogP contribution in [0, 0.1) is 12.3 Å². The fourth-order valence-corrected chi connectivity index (χ4v) is 1.44. The lowest BCUT2D eigenvalue weighted by Crippen LogP contribution is -2.15. The van der Waals surface area contributed by atoms with Crippen molar-refractivity contribution in [2.45, 2.75) is 39.5 Å². The van der Waals surface area contributed by atoms with E-state index in [0.717, 1.165) is 18.5 Å². The first-order chi connectivity index (χ1) is 8.13. The molecule has 1 aromatic rings. The van der Waals surface area contributed by atoms with Crippen molar-refractivity contribution < 1.29 is 4.74 Å². The number of rotatable bonds is 7. The molecular weight excluding hydrogens is 216 g/mol. The standard InChI is InChI=1S/C12H20N4O/c1-3-4-5-6-7-17-12-15-9(2)8-10(16-12)11(13)14/h8H,3-7H2,1-2H3,(H3,13,14). The smallest absolute Gasteiger partial charge is 0.317 e. The summed E-state index contributed by atoms with van der Waals surface area (Å²) in [4.78, 5) is 8.22. The molecule has 0 atom stereocenters. The molecule has 0 saturated carbocycles. The van der Waals surface area contributed by atoms with Gasteiger partial charge in [0.1, 0.15) is 11.5 Å². The number of hydrogen-bond donors (Lipinski definition) is 2. The van der Waals surface area contributed by atoms with E-state index in [2.05, 4.69) is 16.9 Å². The van der Waals surface area contributed by atoms with Gasteiger partial charge in [0, 0.05) is 5.69 Å². The molecule has 5 heteroatoms. The average molecular weight is 236 g/mol. The molecule has 94 valence electrons. The molecule has 0 radical (unpaired) electrons. The molecule has 0 aromatic carbocycles. The molecule has 1 rings (SSSR count). The number of nitrogens with two attached hydrogens (primary N) is 1. The summed E-state index contributed by atoms with van der Waals surface area (Å²) in [6, 6.07) is 1.98. The summed E-state index contributed by atoms with van der Waals surface area (Å²) in [6.07, 6.45) is 4.58. The number of aromatic nitrogens is 2. The number of hydrogen-bond acceptors (Lipinski definition) is 4. The molecule has 0 bridgehead atoms. The van der Waals surface area contributed by atoms with Crippen LogP contribution in [0.5, 0.6) is 6.01 Å². The van der Waals surface area contributed by atoms with Crippen LogP contribution in [0.4, 0.5) is 0 Å². The minimum absolute atomic E-state index is 0.0636. The Kier molecular flexibility index (Phi) is 5.39. The first-order valence-corrected chi connectivity index (χ1v) is 5.96. The Morgan fingerprint density at radius 1 is 1.35 bits per heavy atom. The molecular formula is C12H20N4O. The topological polar surface area (TPSA) is 84.9 Å². The second kappa shape index (κ2) is 6.83. The van der Waals surface area contributed by atoms with Crippen molar-refractivity contribution >= 4 is 5.84 Å². The molecule has 0 aliphatic heterocycles. The molecule has 0 unspecified atom stereocenters. The Hall–Kier alpha value is -1.65. The zero-order valence-electron chi connectivity index (χ0n) is 10.5. The summed E-state index contributed by atoms with van der Waals surface area (Å²) in [5, 5.41) is 7.33. The highest BCUT2D eigenvalue weighted by molar-refractivity contribution is 5.93. The Morgan fingerprint density at radius 3 is 2.76 bits per heavy atom. The van der Waals surface area contributed by atoms with Crippen molar-refractivity contribution in [3.63, 3.8) is 0 Å². The van der Waals surface area contributed by atoms with E-state index in [-0.39, 0.29) is 5.84 Å². The predicted molar refractivity (Wildman–Crippen MR) is 67.4 cm³/mol. The molecule has 0 aliphatic carbocycles. The fourth-order valence-electron chi connectivity index (χ4n) is 1.44. The van der Waals surface area contributed by atoms with Crippen LogP contribution in [0.1, 0.15) is 44.0 Å². The van der Waals surface area contributed by atoms with E-state index in [1.807, 2.05) is 6.92 Å². The van der Waals surface area contributed by atoms with Gasteiger partial charge in [-0.05, 0) is 19.4 Å². The summed E-state index contributed by atoms with van der Waals surface area (Å²) >= 11 is 0. The molecule has 17 heavy (non-hydrogen) atoms. The Labute approximate surface area is 102 Å². The highest BCUT2D eigenvalue weighted by Gasteiger charge is 2.05. The lowest BCUT2D eigenvalue weighted by Gasteiger charge is -2.06. The molecule has 0 fully saturated rings. The van der Waals surface area contributed by atoms with Crippen LogP contribution in [0.25, 0.3) is 0 Å². The largest absolute Gasteiger partial charge is 0.463 e. The van der Waals surface area contributed by atoms with Crippen LogP contribution in [-0.2, 0) is 0 Å². The highest BCUT2D eigenvalue weighted by Crippen LogP contribution is 2.08. The Balaban J connectivity index is 2.50. The number of ether oxygens (including phenoxy) is 1. The zero-order chi connectivity index (χ0) is 12.7. The Bertz CT molecular complexity index is 379. The third kappa shape index (κ3) is 4.80. The number of amidine groups is 1. The summed E-state index contributed by atoms with van der Waals surface area (Å²) in [5.41, 5.74) is 6.56. The average Bonchev–Trinajstić information content (AvgIpc) is 2.28. The van der Waals surface area contributed by atoms with Gasteiger partial charge in [-0.3, -0.25) is 5.41 Å². The molecule has 1 aromatic heterocycles. The Morgan fingerprint density at radius 2 is 2.12 bits per heavy atom. The van der Waals surface area contributed by atoms with E-state index in [1.54, 1.807) is 6.07 Å². The van der Waals surface area contributed by atoms with Crippen molar-refractivity contribution in [3.05, 3.63) is 17.5 Å². The predicted octanol–water partition coefficient (Wildman–Crippen LogP) is 2.03. The molecule has 0 aliphatic rings. The van der Waals surface area contributed by atoms with Crippen molar-refractivity contribution in [1.29, 1.82) is 5.41 Å². The van der Waals surface area contributed by atoms with Gasteiger partial charge in [0.2, 0.25) is 0 Å². The van der Waals surface area contributed by atoms with E-state index < -0.39 is 0 Å².